The van der Waals surface area contributed by atoms with Crippen LogP contribution in [0.25, 0.3) is 0 Å². The van der Waals surface area contributed by atoms with Crippen LogP contribution in [0.5, 0.6) is 0 Å². The maximum atomic E-state index is 14.3. The molecule has 49 heavy (non-hydrogen) atoms. The van der Waals surface area contributed by atoms with E-state index in [9.17, 15) is 19.2 Å². The van der Waals surface area contributed by atoms with Crippen molar-refractivity contribution in [2.75, 3.05) is 49.4 Å². The summed E-state index contributed by atoms with van der Waals surface area (Å²) >= 11 is 0. The first-order valence-electron chi connectivity index (χ1n) is 17.7. The van der Waals surface area contributed by atoms with Gasteiger partial charge in [0.25, 0.3) is 0 Å². The van der Waals surface area contributed by atoms with E-state index < -0.39 is 29.8 Å². The number of epoxide rings is 1. The Hall–Kier alpha value is -3.44. The van der Waals surface area contributed by atoms with Gasteiger partial charge in [0.05, 0.1) is 69.0 Å². The van der Waals surface area contributed by atoms with Crippen molar-refractivity contribution < 1.29 is 38.1 Å². The van der Waals surface area contributed by atoms with Crippen LogP contribution < -0.4 is 9.80 Å². The van der Waals surface area contributed by atoms with E-state index >= 15 is 0 Å². The molecule has 10 heteroatoms. The largest absolute Gasteiger partial charge is 0.380 e. The molecule has 0 bridgehead atoms. The molecule has 2 aromatic carbocycles. The molecule has 0 N–H and O–H groups in total. The van der Waals surface area contributed by atoms with E-state index in [1.54, 1.807) is 6.07 Å². The highest BCUT2D eigenvalue weighted by Gasteiger charge is 2.52. The normalized spacial score (nSPS) is 27.5. The number of hydrogen-bond donors (Lipinski definition) is 0. The fourth-order valence-corrected chi connectivity index (χ4v) is 7.71. The summed E-state index contributed by atoms with van der Waals surface area (Å²) in [5.41, 5.74) is 3.85. The fourth-order valence-electron chi connectivity index (χ4n) is 7.71. The predicted molar refractivity (Wildman–Crippen MR) is 184 cm³/mol. The summed E-state index contributed by atoms with van der Waals surface area (Å²) in [7, 11) is 0. The molecule has 2 aromatic rings. The number of rotatable bonds is 15. The van der Waals surface area contributed by atoms with E-state index in [4.69, 9.17) is 18.9 Å². The monoisotopic (exact) mass is 674 g/mol. The Morgan fingerprint density at radius 2 is 1.55 bits per heavy atom. The number of benzene rings is 2. The number of carbonyl (C=O) groups is 4. The maximum absolute atomic E-state index is 14.3. The van der Waals surface area contributed by atoms with Gasteiger partial charge >= 0.3 is 0 Å². The lowest BCUT2D eigenvalue weighted by atomic mass is 9.79. The SMILES string of the molecule is CCC1(COC(CC(COCC2CO2)C2C(=O)N(c3ccc(C)cc3C)C(=O)C2C)CC2C(=O)N(c3ccccc3C)C(=O)C2C)COC1. The van der Waals surface area contributed by atoms with Crippen LogP contribution in [0.3, 0.4) is 0 Å². The third kappa shape index (κ3) is 7.11. The van der Waals surface area contributed by atoms with E-state index in [1.807, 2.05) is 71.0 Å². The molecule has 10 nitrogen and oxygen atoms in total. The smallest absolute Gasteiger partial charge is 0.238 e. The Kier molecular flexibility index (Phi) is 10.4. The van der Waals surface area contributed by atoms with Gasteiger partial charge in [-0.2, -0.15) is 0 Å². The minimum Gasteiger partial charge on any atom is -0.380 e. The molecule has 4 saturated heterocycles. The van der Waals surface area contributed by atoms with Crippen molar-refractivity contribution in [3.05, 3.63) is 59.2 Å². The van der Waals surface area contributed by atoms with E-state index in [0.717, 1.165) is 23.1 Å². The third-order valence-corrected chi connectivity index (χ3v) is 11.2. The van der Waals surface area contributed by atoms with Crippen molar-refractivity contribution in [2.24, 2.45) is 35.0 Å². The molecular weight excluding hydrogens is 624 g/mol. The summed E-state index contributed by atoms with van der Waals surface area (Å²) in [6, 6.07) is 13.1. The lowest BCUT2D eigenvalue weighted by Gasteiger charge is -2.42. The van der Waals surface area contributed by atoms with Crippen LogP contribution in [0.2, 0.25) is 0 Å². The second kappa shape index (κ2) is 14.4. The molecule has 4 amide bonds. The summed E-state index contributed by atoms with van der Waals surface area (Å²) in [6.45, 7) is 14.4. The first kappa shape index (κ1) is 35.4. The molecule has 4 aliphatic heterocycles. The number of nitrogens with zero attached hydrogens (tertiary/aromatic N) is 2. The molecule has 6 rings (SSSR count). The van der Waals surface area contributed by atoms with Gasteiger partial charge in [0.1, 0.15) is 6.10 Å². The van der Waals surface area contributed by atoms with Gasteiger partial charge in [0, 0.05) is 17.3 Å². The summed E-state index contributed by atoms with van der Waals surface area (Å²) in [4.78, 5) is 58.4. The van der Waals surface area contributed by atoms with E-state index in [2.05, 4.69) is 6.92 Å². The molecule has 4 aliphatic rings. The van der Waals surface area contributed by atoms with Gasteiger partial charge in [-0.1, -0.05) is 56.7 Å². The Balaban J connectivity index is 1.28. The lowest BCUT2D eigenvalue weighted by Crippen LogP contribution is -2.47. The van der Waals surface area contributed by atoms with Crippen LogP contribution in [0.4, 0.5) is 11.4 Å². The van der Waals surface area contributed by atoms with Crippen molar-refractivity contribution in [1.29, 1.82) is 0 Å². The predicted octanol–water partition coefficient (Wildman–Crippen LogP) is 5.19. The maximum Gasteiger partial charge on any atom is 0.238 e. The lowest BCUT2D eigenvalue weighted by molar-refractivity contribution is -0.166. The van der Waals surface area contributed by atoms with Gasteiger partial charge in [-0.15, -0.1) is 0 Å². The van der Waals surface area contributed by atoms with E-state index in [0.29, 0.717) is 57.3 Å². The highest BCUT2D eigenvalue weighted by molar-refractivity contribution is 6.23. The Morgan fingerprint density at radius 3 is 2.18 bits per heavy atom. The number of imide groups is 2. The number of anilines is 2. The van der Waals surface area contributed by atoms with Gasteiger partial charge in [-0.25, -0.2) is 9.80 Å². The van der Waals surface area contributed by atoms with Crippen molar-refractivity contribution in [1.82, 2.24) is 0 Å². The minimum atomic E-state index is -0.645. The van der Waals surface area contributed by atoms with Crippen molar-refractivity contribution in [3.63, 3.8) is 0 Å². The van der Waals surface area contributed by atoms with E-state index in [1.165, 1.54) is 9.80 Å². The summed E-state index contributed by atoms with van der Waals surface area (Å²) in [5.74, 6) is -3.68. The highest BCUT2D eigenvalue weighted by Crippen LogP contribution is 2.42. The molecule has 7 atom stereocenters. The Labute approximate surface area is 289 Å². The second-order valence-electron chi connectivity index (χ2n) is 14.8. The van der Waals surface area contributed by atoms with Crippen molar-refractivity contribution in [2.45, 2.75) is 73.0 Å². The molecular formula is C39H50N2O8. The number of ether oxygens (including phenoxy) is 4. The zero-order valence-electron chi connectivity index (χ0n) is 29.6. The molecule has 264 valence electrons. The van der Waals surface area contributed by atoms with Crippen LogP contribution in [0.15, 0.2) is 42.5 Å². The first-order valence-corrected chi connectivity index (χ1v) is 17.7. The van der Waals surface area contributed by atoms with Gasteiger partial charge in [-0.3, -0.25) is 19.2 Å². The summed E-state index contributed by atoms with van der Waals surface area (Å²) in [6.07, 6.45) is 1.14. The number of hydrogen-bond acceptors (Lipinski definition) is 8. The Morgan fingerprint density at radius 1 is 0.878 bits per heavy atom. The molecule has 7 unspecified atom stereocenters. The van der Waals surface area contributed by atoms with Gasteiger partial charge in [-0.05, 0) is 69.2 Å². The topological polar surface area (TPSA) is 115 Å². The molecule has 4 fully saturated rings. The molecule has 4 heterocycles. The summed E-state index contributed by atoms with van der Waals surface area (Å²) in [5, 5.41) is 0. The van der Waals surface area contributed by atoms with Crippen molar-refractivity contribution in [3.8, 4) is 0 Å². The van der Waals surface area contributed by atoms with Gasteiger partial charge in [0.15, 0.2) is 0 Å². The number of aryl methyl sites for hydroxylation is 3. The molecule has 0 aromatic heterocycles. The highest BCUT2D eigenvalue weighted by atomic mass is 16.6. The zero-order chi connectivity index (χ0) is 35.0. The van der Waals surface area contributed by atoms with Gasteiger partial charge in [0.2, 0.25) is 23.6 Å². The average molecular weight is 675 g/mol. The standard InChI is InChI=1S/C39H50N2O8/c1-7-39(20-47-21-39)22-49-29(16-31-26(5)35(42)40(37(31)44)32-11-9-8-10-24(32)3)15-28(17-46-18-30-19-48-30)34-27(6)36(43)41(38(34)45)33-13-12-23(2)14-25(33)4/h8-14,26-31,34H,7,15-22H2,1-6H3. The average Bonchev–Trinajstić information content (AvgIpc) is 3.82. The molecule has 0 spiro atoms. The second-order valence-corrected chi connectivity index (χ2v) is 14.8. The van der Waals surface area contributed by atoms with Crippen LogP contribution in [-0.2, 0) is 38.1 Å². The van der Waals surface area contributed by atoms with Crippen LogP contribution in [-0.4, -0.2) is 75.5 Å². The number of carbonyl (C=O) groups excluding carboxylic acids is 4. The molecule has 0 aliphatic carbocycles. The minimum absolute atomic E-state index is 0.0381. The summed E-state index contributed by atoms with van der Waals surface area (Å²) < 4.78 is 23.8. The first-order chi connectivity index (χ1) is 23.4. The quantitative estimate of drug-likeness (QED) is 0.188. The van der Waals surface area contributed by atoms with E-state index in [-0.39, 0.29) is 47.7 Å². The zero-order valence-corrected chi connectivity index (χ0v) is 29.6. The van der Waals surface area contributed by atoms with Gasteiger partial charge < -0.3 is 18.9 Å². The van der Waals surface area contributed by atoms with Crippen LogP contribution in [0.1, 0.15) is 56.7 Å². The number of amides is 4. The van der Waals surface area contributed by atoms with Crippen molar-refractivity contribution >= 4 is 35.0 Å². The van der Waals surface area contributed by atoms with Crippen LogP contribution >= 0.6 is 0 Å². The van der Waals surface area contributed by atoms with Crippen LogP contribution in [0, 0.1) is 55.8 Å². The Bertz CT molecular complexity index is 1580. The molecule has 0 saturated carbocycles. The third-order valence-electron chi connectivity index (χ3n) is 11.2. The number of para-hydroxylation sites is 1. The molecule has 0 radical (unpaired) electrons. The fraction of sp³-hybridized carbons (Fsp3) is 0.590.